The Balaban J connectivity index is 2.76. The van der Waals surface area contributed by atoms with Gasteiger partial charge in [0.05, 0.1) is 4.92 Å². The van der Waals surface area contributed by atoms with E-state index in [1.165, 1.54) is 0 Å². The van der Waals surface area contributed by atoms with Crippen molar-refractivity contribution in [2.45, 2.75) is 13.3 Å². The van der Waals surface area contributed by atoms with Crippen molar-refractivity contribution in [2.24, 2.45) is 0 Å². The monoisotopic (exact) mass is 266 g/mol. The van der Waals surface area contributed by atoms with Crippen molar-refractivity contribution in [1.29, 1.82) is 0 Å². The molecule has 6 heteroatoms. The van der Waals surface area contributed by atoms with Crippen LogP contribution in [0.5, 0.6) is 0 Å². The van der Waals surface area contributed by atoms with Gasteiger partial charge in [0.25, 0.3) is 0 Å². The third-order valence-electron chi connectivity index (χ3n) is 2.68. The molecule has 106 valence electrons. The summed E-state index contributed by atoms with van der Waals surface area (Å²) in [6, 6.07) is 5.29. The number of benzene rings is 1. The van der Waals surface area contributed by atoms with Crippen molar-refractivity contribution in [3.8, 4) is 0 Å². The molecule has 1 aromatic rings. The van der Waals surface area contributed by atoms with Crippen molar-refractivity contribution in [3.63, 3.8) is 0 Å². The number of nitro benzene ring substituents is 1. The molecule has 6 nitrogen and oxygen atoms in total. The Morgan fingerprint density at radius 3 is 2.42 bits per heavy atom. The first-order chi connectivity index (χ1) is 9.06. The molecule has 1 aromatic carbocycles. The molecular formula is C13H22N4O2. The minimum absolute atomic E-state index is 0.120. The van der Waals surface area contributed by atoms with Gasteiger partial charge in [-0.15, -0.1) is 0 Å². The lowest BCUT2D eigenvalue weighted by atomic mass is 10.2. The molecule has 0 radical (unpaired) electrons. The normalized spacial score (nSPS) is 10.5. The third kappa shape index (κ3) is 4.75. The summed E-state index contributed by atoms with van der Waals surface area (Å²) in [7, 11) is 4.02. The van der Waals surface area contributed by atoms with Crippen LogP contribution in [0.1, 0.15) is 13.3 Å². The first-order valence-corrected chi connectivity index (χ1v) is 6.46. The van der Waals surface area contributed by atoms with E-state index in [2.05, 4.69) is 15.5 Å². The van der Waals surface area contributed by atoms with Gasteiger partial charge < -0.3 is 15.5 Å². The predicted molar refractivity (Wildman–Crippen MR) is 78.9 cm³/mol. The van der Waals surface area contributed by atoms with Gasteiger partial charge >= 0.3 is 5.69 Å². The zero-order chi connectivity index (χ0) is 14.3. The fourth-order valence-electron chi connectivity index (χ4n) is 1.83. The molecule has 0 aliphatic carbocycles. The second-order valence-corrected chi connectivity index (χ2v) is 4.57. The lowest BCUT2D eigenvalue weighted by Gasteiger charge is -2.12. The molecule has 0 atom stereocenters. The topological polar surface area (TPSA) is 70.4 Å². The average molecular weight is 266 g/mol. The van der Waals surface area contributed by atoms with Crippen molar-refractivity contribution in [2.75, 3.05) is 44.4 Å². The molecule has 2 N–H and O–H groups in total. The molecule has 0 spiro atoms. The predicted octanol–water partition coefficient (Wildman–Crippen LogP) is 2.39. The summed E-state index contributed by atoms with van der Waals surface area (Å²) in [4.78, 5) is 12.9. The molecule has 0 unspecified atom stereocenters. The molecule has 0 aromatic heterocycles. The van der Waals surface area contributed by atoms with Gasteiger partial charge in [-0.2, -0.15) is 0 Å². The lowest BCUT2D eigenvalue weighted by molar-refractivity contribution is -0.383. The quantitative estimate of drug-likeness (QED) is 0.429. The Kier molecular flexibility index (Phi) is 6.08. The molecular weight excluding hydrogens is 244 g/mol. The maximum absolute atomic E-state index is 11.2. The van der Waals surface area contributed by atoms with Crippen LogP contribution in [0.3, 0.4) is 0 Å². The Labute approximate surface area is 113 Å². The first kappa shape index (κ1) is 15.2. The largest absolute Gasteiger partial charge is 0.380 e. The number of hydrogen-bond acceptors (Lipinski definition) is 5. The molecule has 0 aliphatic heterocycles. The van der Waals surface area contributed by atoms with Crippen LogP contribution in [0.4, 0.5) is 17.1 Å². The number of para-hydroxylation sites is 1. The van der Waals surface area contributed by atoms with Crippen molar-refractivity contribution >= 4 is 17.1 Å². The minimum Gasteiger partial charge on any atom is -0.380 e. The van der Waals surface area contributed by atoms with Crippen LogP contribution in [0.2, 0.25) is 0 Å². The van der Waals surface area contributed by atoms with Crippen molar-refractivity contribution in [1.82, 2.24) is 4.90 Å². The Morgan fingerprint density at radius 1 is 1.26 bits per heavy atom. The highest BCUT2D eigenvalue weighted by atomic mass is 16.6. The highest BCUT2D eigenvalue weighted by Gasteiger charge is 2.18. The van der Waals surface area contributed by atoms with Gasteiger partial charge in [-0.25, -0.2) is 0 Å². The van der Waals surface area contributed by atoms with E-state index in [0.29, 0.717) is 24.5 Å². The van der Waals surface area contributed by atoms with Crippen LogP contribution in [-0.2, 0) is 0 Å². The molecule has 0 aliphatic rings. The zero-order valence-corrected chi connectivity index (χ0v) is 11.8. The molecule has 0 heterocycles. The Bertz CT molecular complexity index is 421. The van der Waals surface area contributed by atoms with Gasteiger partial charge in [-0.05, 0) is 46.1 Å². The summed E-state index contributed by atoms with van der Waals surface area (Å²) in [5.74, 6) is 0. The summed E-state index contributed by atoms with van der Waals surface area (Å²) in [6.07, 6.45) is 0.940. The second-order valence-electron chi connectivity index (χ2n) is 4.57. The average Bonchev–Trinajstić information content (AvgIpc) is 2.34. The molecule has 1 rings (SSSR count). The fraction of sp³-hybridized carbons (Fsp3) is 0.538. The highest BCUT2D eigenvalue weighted by Crippen LogP contribution is 2.32. The molecule has 0 fully saturated rings. The molecule has 0 saturated carbocycles. The SMILES string of the molecule is CCNc1cccc(NCCCN(C)C)c1[N+](=O)[O-]. The third-order valence-corrected chi connectivity index (χ3v) is 2.68. The van der Waals surface area contributed by atoms with Crippen LogP contribution in [0.25, 0.3) is 0 Å². The van der Waals surface area contributed by atoms with Crippen LogP contribution in [0, 0.1) is 10.1 Å². The summed E-state index contributed by atoms with van der Waals surface area (Å²) >= 11 is 0. The van der Waals surface area contributed by atoms with Crippen LogP contribution in [0.15, 0.2) is 18.2 Å². The number of anilines is 2. The number of nitrogens with zero attached hydrogens (tertiary/aromatic N) is 2. The molecule has 0 saturated heterocycles. The van der Waals surface area contributed by atoms with E-state index < -0.39 is 0 Å². The second kappa shape index (κ2) is 7.58. The van der Waals surface area contributed by atoms with Crippen molar-refractivity contribution in [3.05, 3.63) is 28.3 Å². The summed E-state index contributed by atoms with van der Waals surface area (Å²) in [5, 5.41) is 17.3. The molecule has 19 heavy (non-hydrogen) atoms. The highest BCUT2D eigenvalue weighted by molar-refractivity contribution is 5.76. The van der Waals surface area contributed by atoms with E-state index in [1.54, 1.807) is 12.1 Å². The van der Waals surface area contributed by atoms with Gasteiger partial charge in [0.15, 0.2) is 0 Å². The Hall–Kier alpha value is -1.82. The van der Waals surface area contributed by atoms with E-state index in [-0.39, 0.29) is 10.6 Å². The van der Waals surface area contributed by atoms with E-state index >= 15 is 0 Å². The minimum atomic E-state index is -0.341. The van der Waals surface area contributed by atoms with E-state index in [4.69, 9.17) is 0 Å². The van der Waals surface area contributed by atoms with Crippen LogP contribution < -0.4 is 10.6 Å². The first-order valence-electron chi connectivity index (χ1n) is 6.46. The van der Waals surface area contributed by atoms with E-state index in [0.717, 1.165) is 13.0 Å². The van der Waals surface area contributed by atoms with Gasteiger partial charge in [0, 0.05) is 13.1 Å². The number of nitro groups is 1. The summed E-state index contributed by atoms with van der Waals surface area (Å²) < 4.78 is 0. The van der Waals surface area contributed by atoms with Gasteiger partial charge in [0.1, 0.15) is 11.4 Å². The summed E-state index contributed by atoms with van der Waals surface area (Å²) in [6.45, 7) is 4.24. The van der Waals surface area contributed by atoms with Gasteiger partial charge in [0.2, 0.25) is 0 Å². The number of rotatable bonds is 8. The van der Waals surface area contributed by atoms with Gasteiger partial charge in [-0.3, -0.25) is 10.1 Å². The Morgan fingerprint density at radius 2 is 1.89 bits per heavy atom. The smallest absolute Gasteiger partial charge is 0.315 e. The van der Waals surface area contributed by atoms with E-state index in [9.17, 15) is 10.1 Å². The maximum Gasteiger partial charge on any atom is 0.315 e. The van der Waals surface area contributed by atoms with Crippen molar-refractivity contribution < 1.29 is 4.92 Å². The number of nitrogens with one attached hydrogen (secondary N) is 2. The summed E-state index contributed by atoms with van der Waals surface area (Å²) in [5.41, 5.74) is 1.25. The van der Waals surface area contributed by atoms with E-state index in [1.807, 2.05) is 27.1 Å². The zero-order valence-electron chi connectivity index (χ0n) is 11.8. The molecule has 0 amide bonds. The molecule has 0 bridgehead atoms. The number of hydrogen-bond donors (Lipinski definition) is 2. The van der Waals surface area contributed by atoms with Crippen LogP contribution >= 0.6 is 0 Å². The fourth-order valence-corrected chi connectivity index (χ4v) is 1.83. The van der Waals surface area contributed by atoms with Crippen LogP contribution in [-0.4, -0.2) is 43.6 Å². The maximum atomic E-state index is 11.2. The lowest BCUT2D eigenvalue weighted by Crippen LogP contribution is -2.16. The standard InChI is InChI=1S/C13H22N4O2/c1-4-14-11-7-5-8-12(13(11)17(18)19)15-9-6-10-16(2)3/h5,7-8,14-15H,4,6,9-10H2,1-3H3. The van der Waals surface area contributed by atoms with Gasteiger partial charge in [-0.1, -0.05) is 6.07 Å².